The SMILES string of the molecule is CCOc1ccc2nc(N3C(=O)C(O)=C(C(=O)c4ccc(C)o4)[C@@H]3c3ccc(OC)c(OC)c3)sc2c1. The van der Waals surface area contributed by atoms with E-state index in [1.807, 2.05) is 13.0 Å². The average Bonchev–Trinajstić information content (AvgIpc) is 3.59. The average molecular weight is 521 g/mol. The molecule has 190 valence electrons. The van der Waals surface area contributed by atoms with E-state index in [0.717, 1.165) is 4.70 Å². The van der Waals surface area contributed by atoms with Crippen molar-refractivity contribution in [1.29, 1.82) is 0 Å². The first-order valence-corrected chi connectivity index (χ1v) is 12.3. The predicted octanol–water partition coefficient (Wildman–Crippen LogP) is 5.40. The highest BCUT2D eigenvalue weighted by atomic mass is 32.1. The predicted molar refractivity (Wildman–Crippen MR) is 138 cm³/mol. The molecule has 3 heterocycles. The molecule has 9 nitrogen and oxygen atoms in total. The van der Waals surface area contributed by atoms with Gasteiger partial charge in [0.05, 0.1) is 42.7 Å². The number of ketones is 1. The van der Waals surface area contributed by atoms with Gasteiger partial charge in [-0.3, -0.25) is 14.5 Å². The second-order valence-corrected chi connectivity index (χ2v) is 9.26. The molecular formula is C27H24N2O7S. The number of nitrogens with zero attached hydrogens (tertiary/aromatic N) is 2. The molecule has 0 spiro atoms. The highest BCUT2D eigenvalue weighted by Crippen LogP contribution is 2.46. The molecule has 0 saturated carbocycles. The number of ether oxygens (including phenoxy) is 3. The number of aliphatic hydroxyl groups is 1. The molecule has 2 aromatic heterocycles. The molecule has 0 aliphatic carbocycles. The van der Waals surface area contributed by atoms with E-state index in [2.05, 4.69) is 4.98 Å². The molecule has 0 radical (unpaired) electrons. The third-order valence-electron chi connectivity index (χ3n) is 6.01. The number of rotatable bonds is 8. The Kier molecular flexibility index (Phi) is 6.34. The summed E-state index contributed by atoms with van der Waals surface area (Å²) in [6, 6.07) is 12.7. The number of methoxy groups -OCH3 is 2. The Morgan fingerprint density at radius 2 is 1.89 bits per heavy atom. The van der Waals surface area contributed by atoms with Crippen molar-refractivity contribution >= 4 is 38.4 Å². The maximum absolute atomic E-state index is 13.6. The van der Waals surface area contributed by atoms with Crippen molar-refractivity contribution in [3.63, 3.8) is 0 Å². The minimum atomic E-state index is -0.989. The zero-order valence-electron chi connectivity index (χ0n) is 20.6. The summed E-state index contributed by atoms with van der Waals surface area (Å²) < 4.78 is 22.7. The number of amides is 1. The van der Waals surface area contributed by atoms with Crippen molar-refractivity contribution in [3.05, 3.63) is 76.9 Å². The lowest BCUT2D eigenvalue weighted by Crippen LogP contribution is -2.31. The minimum Gasteiger partial charge on any atom is -0.503 e. The molecule has 0 saturated heterocycles. The number of aromatic nitrogens is 1. The molecular weight excluding hydrogens is 496 g/mol. The Balaban J connectivity index is 1.67. The molecule has 2 aromatic carbocycles. The number of aliphatic hydroxyl groups excluding tert-OH is 1. The Hall–Kier alpha value is -4.31. The fourth-order valence-corrected chi connectivity index (χ4v) is 5.34. The molecule has 1 aliphatic heterocycles. The van der Waals surface area contributed by atoms with Crippen molar-refractivity contribution < 1.29 is 33.3 Å². The summed E-state index contributed by atoms with van der Waals surface area (Å²) in [5, 5.41) is 11.3. The van der Waals surface area contributed by atoms with E-state index in [0.29, 0.717) is 45.8 Å². The van der Waals surface area contributed by atoms with Gasteiger partial charge in [0.15, 0.2) is 28.1 Å². The first kappa shape index (κ1) is 24.4. The minimum absolute atomic E-state index is 0.0184. The van der Waals surface area contributed by atoms with E-state index in [1.54, 1.807) is 43.3 Å². The highest BCUT2D eigenvalue weighted by Gasteiger charge is 2.46. The molecule has 4 aromatic rings. The summed E-state index contributed by atoms with van der Waals surface area (Å²) in [5.41, 5.74) is 1.07. The molecule has 0 bridgehead atoms. The van der Waals surface area contributed by atoms with Crippen LogP contribution in [0.4, 0.5) is 5.13 Å². The van der Waals surface area contributed by atoms with Crippen molar-refractivity contribution in [3.8, 4) is 17.2 Å². The summed E-state index contributed by atoms with van der Waals surface area (Å²) >= 11 is 1.26. The van der Waals surface area contributed by atoms with Crippen LogP contribution in [0.3, 0.4) is 0 Å². The lowest BCUT2D eigenvalue weighted by molar-refractivity contribution is -0.117. The highest BCUT2D eigenvalue weighted by molar-refractivity contribution is 7.22. The van der Waals surface area contributed by atoms with Crippen LogP contribution in [-0.2, 0) is 4.79 Å². The number of aryl methyl sites for hydroxylation is 1. The van der Waals surface area contributed by atoms with E-state index in [4.69, 9.17) is 18.6 Å². The largest absolute Gasteiger partial charge is 0.503 e. The Morgan fingerprint density at radius 1 is 1.11 bits per heavy atom. The smallest absolute Gasteiger partial charge is 0.296 e. The molecule has 1 atom stereocenters. The van der Waals surface area contributed by atoms with E-state index in [9.17, 15) is 14.7 Å². The summed E-state index contributed by atoms with van der Waals surface area (Å²) in [7, 11) is 3.01. The summed E-state index contributed by atoms with van der Waals surface area (Å²) in [4.78, 5) is 33.0. The number of furan rings is 1. The van der Waals surface area contributed by atoms with E-state index in [1.165, 1.54) is 36.5 Å². The van der Waals surface area contributed by atoms with Crippen LogP contribution in [0, 0.1) is 6.92 Å². The van der Waals surface area contributed by atoms with Gasteiger partial charge in [-0.05, 0) is 61.9 Å². The van der Waals surface area contributed by atoms with Crippen LogP contribution in [-0.4, -0.2) is 42.6 Å². The van der Waals surface area contributed by atoms with Gasteiger partial charge >= 0.3 is 0 Å². The van der Waals surface area contributed by atoms with Crippen molar-refractivity contribution in [2.75, 3.05) is 25.7 Å². The molecule has 0 unspecified atom stereocenters. The number of thiazole rings is 1. The molecule has 5 rings (SSSR count). The topological polar surface area (TPSA) is 111 Å². The molecule has 1 amide bonds. The van der Waals surface area contributed by atoms with Gasteiger partial charge in [-0.15, -0.1) is 0 Å². The zero-order chi connectivity index (χ0) is 26.3. The molecule has 10 heteroatoms. The van der Waals surface area contributed by atoms with E-state index in [-0.39, 0.29) is 11.3 Å². The molecule has 1 N–H and O–H groups in total. The van der Waals surface area contributed by atoms with Gasteiger partial charge in [-0.1, -0.05) is 17.4 Å². The van der Waals surface area contributed by atoms with Crippen LogP contribution >= 0.6 is 11.3 Å². The summed E-state index contributed by atoms with van der Waals surface area (Å²) in [6.07, 6.45) is 0. The Morgan fingerprint density at radius 3 is 2.57 bits per heavy atom. The van der Waals surface area contributed by atoms with Crippen molar-refractivity contribution in [2.24, 2.45) is 0 Å². The van der Waals surface area contributed by atoms with Crippen molar-refractivity contribution in [2.45, 2.75) is 19.9 Å². The Bertz CT molecular complexity index is 1550. The van der Waals surface area contributed by atoms with Gasteiger partial charge in [0.1, 0.15) is 11.5 Å². The summed E-state index contributed by atoms with van der Waals surface area (Å²) in [6.45, 7) is 4.12. The number of anilines is 1. The number of carbonyl (C=O) groups excluding carboxylic acids is 2. The van der Waals surface area contributed by atoms with Gasteiger partial charge < -0.3 is 23.7 Å². The maximum atomic E-state index is 13.6. The quantitative estimate of drug-likeness (QED) is 0.308. The van der Waals surface area contributed by atoms with E-state index < -0.39 is 23.5 Å². The van der Waals surface area contributed by atoms with Gasteiger partial charge in [-0.2, -0.15) is 0 Å². The fraction of sp³-hybridized carbons (Fsp3) is 0.222. The number of hydrogen-bond acceptors (Lipinski definition) is 9. The maximum Gasteiger partial charge on any atom is 0.296 e. The van der Waals surface area contributed by atoms with Crippen LogP contribution in [0.1, 0.15) is 34.8 Å². The zero-order valence-corrected chi connectivity index (χ0v) is 21.4. The number of benzene rings is 2. The van der Waals surface area contributed by atoms with Gasteiger partial charge in [0, 0.05) is 0 Å². The monoisotopic (exact) mass is 520 g/mol. The molecule has 37 heavy (non-hydrogen) atoms. The third-order valence-corrected chi connectivity index (χ3v) is 7.02. The fourth-order valence-electron chi connectivity index (χ4n) is 4.31. The number of hydrogen-bond donors (Lipinski definition) is 1. The lowest BCUT2D eigenvalue weighted by atomic mass is 9.95. The van der Waals surface area contributed by atoms with E-state index >= 15 is 0 Å². The van der Waals surface area contributed by atoms with Crippen LogP contribution in [0.5, 0.6) is 17.2 Å². The second kappa shape index (κ2) is 9.62. The van der Waals surface area contributed by atoms with Crippen molar-refractivity contribution in [1.82, 2.24) is 4.98 Å². The van der Waals surface area contributed by atoms with Crippen LogP contribution in [0.25, 0.3) is 10.2 Å². The number of Topliss-reactive ketones (excluding diaryl/α,β-unsaturated/α-hetero) is 1. The number of carbonyl (C=O) groups is 2. The standard InChI is InChI=1S/C27H24N2O7S/c1-5-35-16-8-9-17-21(13-16)37-27(28-17)29-23(15-7-11-18(33-3)20(12-15)34-4)22(25(31)26(29)32)24(30)19-10-6-14(2)36-19/h6-13,23,31H,5H2,1-4H3/t23-/m0/s1. The van der Waals surface area contributed by atoms with Crippen LogP contribution < -0.4 is 19.1 Å². The second-order valence-electron chi connectivity index (χ2n) is 8.25. The van der Waals surface area contributed by atoms with Gasteiger partial charge in [0.2, 0.25) is 5.78 Å². The third kappa shape index (κ3) is 4.19. The van der Waals surface area contributed by atoms with Crippen LogP contribution in [0.2, 0.25) is 0 Å². The lowest BCUT2D eigenvalue weighted by Gasteiger charge is -2.25. The molecule has 1 aliphatic rings. The van der Waals surface area contributed by atoms with Gasteiger partial charge in [0.25, 0.3) is 5.91 Å². The molecule has 0 fully saturated rings. The number of fused-ring (bicyclic) bond motifs is 1. The first-order valence-electron chi connectivity index (χ1n) is 11.5. The van der Waals surface area contributed by atoms with Gasteiger partial charge in [-0.25, -0.2) is 4.98 Å². The first-order chi connectivity index (χ1) is 17.9. The Labute approximate surface area is 216 Å². The summed E-state index contributed by atoms with van der Waals surface area (Å²) in [5.74, 6) is 0.121. The normalized spacial score (nSPS) is 15.5. The van der Waals surface area contributed by atoms with Crippen LogP contribution in [0.15, 0.2) is 64.3 Å².